The van der Waals surface area contributed by atoms with E-state index >= 15 is 0 Å². The SMILES string of the molecule is O=C(OC1COS(=O)(=O)OC1)c1ccccc1. The maximum absolute atomic E-state index is 11.6. The molecule has 2 rings (SSSR count). The van der Waals surface area contributed by atoms with Gasteiger partial charge in [0.2, 0.25) is 0 Å². The molecular formula is C10H10O6S. The van der Waals surface area contributed by atoms with Gasteiger partial charge in [0.15, 0.2) is 6.10 Å². The average Bonchev–Trinajstić information content (AvgIpc) is 2.33. The van der Waals surface area contributed by atoms with Crippen LogP contribution in [0.25, 0.3) is 0 Å². The lowest BCUT2D eigenvalue weighted by Crippen LogP contribution is -2.36. The van der Waals surface area contributed by atoms with Crippen LogP contribution < -0.4 is 0 Å². The monoisotopic (exact) mass is 258 g/mol. The molecule has 0 aliphatic carbocycles. The topological polar surface area (TPSA) is 78.9 Å². The van der Waals surface area contributed by atoms with Crippen molar-refractivity contribution in [2.45, 2.75) is 6.10 Å². The highest BCUT2D eigenvalue weighted by Crippen LogP contribution is 2.11. The minimum Gasteiger partial charge on any atom is -0.454 e. The Labute approximate surface area is 98.4 Å². The number of ether oxygens (including phenoxy) is 1. The summed E-state index contributed by atoms with van der Waals surface area (Å²) >= 11 is 0. The number of hydrogen-bond donors (Lipinski definition) is 0. The Morgan fingerprint density at radius 2 is 1.76 bits per heavy atom. The van der Waals surface area contributed by atoms with Crippen molar-refractivity contribution in [3.8, 4) is 0 Å². The quantitative estimate of drug-likeness (QED) is 0.719. The van der Waals surface area contributed by atoms with Crippen molar-refractivity contribution in [3.05, 3.63) is 35.9 Å². The van der Waals surface area contributed by atoms with E-state index in [2.05, 4.69) is 8.37 Å². The third kappa shape index (κ3) is 3.26. The molecule has 1 aliphatic heterocycles. The zero-order chi connectivity index (χ0) is 12.3. The molecule has 0 unspecified atom stereocenters. The van der Waals surface area contributed by atoms with Crippen molar-refractivity contribution in [2.75, 3.05) is 13.2 Å². The summed E-state index contributed by atoms with van der Waals surface area (Å²) in [4.78, 5) is 11.6. The van der Waals surface area contributed by atoms with Crippen LogP contribution in [0.2, 0.25) is 0 Å². The summed E-state index contributed by atoms with van der Waals surface area (Å²) in [6.45, 7) is -0.443. The van der Waals surface area contributed by atoms with E-state index in [1.165, 1.54) is 0 Å². The third-order valence-electron chi connectivity index (χ3n) is 2.08. The molecular weight excluding hydrogens is 248 g/mol. The largest absolute Gasteiger partial charge is 0.454 e. The highest BCUT2D eigenvalue weighted by Gasteiger charge is 2.28. The molecule has 1 saturated heterocycles. The van der Waals surface area contributed by atoms with E-state index in [4.69, 9.17) is 4.74 Å². The highest BCUT2D eigenvalue weighted by molar-refractivity contribution is 7.81. The van der Waals surface area contributed by atoms with Crippen molar-refractivity contribution in [3.63, 3.8) is 0 Å². The summed E-state index contributed by atoms with van der Waals surface area (Å²) in [6, 6.07) is 8.38. The molecule has 1 aromatic rings. The molecule has 0 bridgehead atoms. The van der Waals surface area contributed by atoms with Crippen molar-refractivity contribution in [2.24, 2.45) is 0 Å². The number of carbonyl (C=O) groups is 1. The molecule has 6 nitrogen and oxygen atoms in total. The summed E-state index contributed by atoms with van der Waals surface area (Å²) in [7, 11) is -3.91. The zero-order valence-corrected chi connectivity index (χ0v) is 9.55. The van der Waals surface area contributed by atoms with E-state index in [0.29, 0.717) is 5.56 Å². The van der Waals surface area contributed by atoms with E-state index < -0.39 is 22.5 Å². The van der Waals surface area contributed by atoms with Gasteiger partial charge in [0.25, 0.3) is 0 Å². The van der Waals surface area contributed by atoms with E-state index in [-0.39, 0.29) is 13.2 Å². The predicted molar refractivity (Wildman–Crippen MR) is 56.5 cm³/mol. The van der Waals surface area contributed by atoms with Crippen LogP contribution in [-0.4, -0.2) is 33.7 Å². The molecule has 0 saturated carbocycles. The molecule has 0 atom stereocenters. The average molecular weight is 258 g/mol. The summed E-state index contributed by atoms with van der Waals surface area (Å²) in [5.41, 5.74) is 0.390. The Kier molecular flexibility index (Phi) is 3.41. The van der Waals surface area contributed by atoms with Crippen LogP contribution in [0.3, 0.4) is 0 Å². The second-order valence-corrected chi connectivity index (χ2v) is 4.66. The van der Waals surface area contributed by atoms with Gasteiger partial charge in [0.05, 0.1) is 5.56 Å². The lowest BCUT2D eigenvalue weighted by Gasteiger charge is -2.21. The second-order valence-electron chi connectivity index (χ2n) is 3.37. The fraction of sp³-hybridized carbons (Fsp3) is 0.300. The van der Waals surface area contributed by atoms with Crippen LogP contribution in [0.4, 0.5) is 0 Å². The third-order valence-corrected chi connectivity index (χ3v) is 2.93. The normalized spacial score (nSPS) is 19.8. The molecule has 1 heterocycles. The Hall–Kier alpha value is -1.44. The number of esters is 1. The molecule has 7 heteroatoms. The van der Waals surface area contributed by atoms with E-state index in [1.54, 1.807) is 30.3 Å². The molecule has 1 aliphatic rings. The Morgan fingerprint density at radius 3 is 2.35 bits per heavy atom. The molecule has 0 radical (unpaired) electrons. The first-order valence-corrected chi connectivity index (χ1v) is 6.20. The minimum absolute atomic E-state index is 0.221. The maximum atomic E-state index is 11.6. The standard InChI is InChI=1S/C10H10O6S/c11-10(8-4-2-1-3-5-8)16-9-6-14-17(12,13)15-7-9/h1-5,9H,6-7H2. The van der Waals surface area contributed by atoms with Gasteiger partial charge in [0.1, 0.15) is 13.2 Å². The van der Waals surface area contributed by atoms with Crippen molar-refractivity contribution < 1.29 is 26.3 Å². The Morgan fingerprint density at radius 1 is 1.18 bits per heavy atom. The van der Waals surface area contributed by atoms with E-state index in [0.717, 1.165) is 0 Å². The number of benzene rings is 1. The fourth-order valence-electron chi connectivity index (χ4n) is 1.26. The van der Waals surface area contributed by atoms with Gasteiger partial charge in [-0.05, 0) is 12.1 Å². The number of hydrogen-bond acceptors (Lipinski definition) is 6. The van der Waals surface area contributed by atoms with Crippen LogP contribution in [-0.2, 0) is 23.5 Å². The fourth-order valence-corrected chi connectivity index (χ4v) is 1.97. The smallest absolute Gasteiger partial charge is 0.400 e. The minimum atomic E-state index is -3.91. The summed E-state index contributed by atoms with van der Waals surface area (Å²) < 4.78 is 35.3. The van der Waals surface area contributed by atoms with Crippen LogP contribution >= 0.6 is 0 Å². The summed E-state index contributed by atoms with van der Waals surface area (Å²) in [5, 5.41) is 0. The molecule has 17 heavy (non-hydrogen) atoms. The van der Waals surface area contributed by atoms with Gasteiger partial charge in [-0.3, -0.25) is 0 Å². The van der Waals surface area contributed by atoms with Crippen LogP contribution in [0.15, 0.2) is 30.3 Å². The van der Waals surface area contributed by atoms with Crippen molar-refractivity contribution in [1.29, 1.82) is 0 Å². The molecule has 0 amide bonds. The maximum Gasteiger partial charge on any atom is 0.400 e. The summed E-state index contributed by atoms with van der Waals surface area (Å²) in [6.07, 6.45) is -0.716. The molecule has 0 aromatic heterocycles. The zero-order valence-electron chi connectivity index (χ0n) is 8.74. The molecule has 0 N–H and O–H groups in total. The van der Waals surface area contributed by atoms with Crippen molar-refractivity contribution >= 4 is 16.4 Å². The Bertz CT molecular complexity index is 481. The van der Waals surface area contributed by atoms with Gasteiger partial charge >= 0.3 is 16.4 Å². The highest BCUT2D eigenvalue weighted by atomic mass is 32.3. The molecule has 92 valence electrons. The van der Waals surface area contributed by atoms with E-state index in [9.17, 15) is 13.2 Å². The molecule has 1 aromatic carbocycles. The van der Waals surface area contributed by atoms with Gasteiger partial charge in [-0.25, -0.2) is 13.2 Å². The lowest BCUT2D eigenvalue weighted by molar-refractivity contribution is -0.0159. The van der Waals surface area contributed by atoms with Gasteiger partial charge in [0, 0.05) is 0 Å². The molecule has 1 fully saturated rings. The van der Waals surface area contributed by atoms with Crippen LogP contribution in [0.5, 0.6) is 0 Å². The number of carbonyl (C=O) groups excluding carboxylic acids is 1. The predicted octanol–water partition coefficient (Wildman–Crippen LogP) is 0.504. The first-order valence-electron chi connectivity index (χ1n) is 4.87. The Balaban J connectivity index is 1.93. The second kappa shape index (κ2) is 4.82. The lowest BCUT2D eigenvalue weighted by atomic mass is 10.2. The van der Waals surface area contributed by atoms with Gasteiger partial charge in [-0.15, -0.1) is 0 Å². The van der Waals surface area contributed by atoms with E-state index in [1.807, 2.05) is 0 Å². The number of rotatable bonds is 2. The van der Waals surface area contributed by atoms with Gasteiger partial charge < -0.3 is 4.74 Å². The van der Waals surface area contributed by atoms with Gasteiger partial charge in [-0.1, -0.05) is 18.2 Å². The summed E-state index contributed by atoms with van der Waals surface area (Å²) in [5.74, 6) is -0.540. The first kappa shape index (κ1) is 12.0. The first-order chi connectivity index (χ1) is 8.07. The van der Waals surface area contributed by atoms with Gasteiger partial charge in [-0.2, -0.15) is 8.42 Å². The molecule has 0 spiro atoms. The van der Waals surface area contributed by atoms with Crippen LogP contribution in [0, 0.1) is 0 Å². The van der Waals surface area contributed by atoms with Crippen molar-refractivity contribution in [1.82, 2.24) is 0 Å². The van der Waals surface area contributed by atoms with Crippen LogP contribution in [0.1, 0.15) is 10.4 Å².